The summed E-state index contributed by atoms with van der Waals surface area (Å²) >= 11 is 1.62. The molecule has 0 bridgehead atoms. The van der Waals surface area contributed by atoms with Crippen molar-refractivity contribution in [2.75, 3.05) is 13.6 Å². The summed E-state index contributed by atoms with van der Waals surface area (Å²) in [5.41, 5.74) is 0.595. The van der Waals surface area contributed by atoms with E-state index in [9.17, 15) is 8.42 Å². The number of aliphatic hydroxyl groups is 1. The van der Waals surface area contributed by atoms with Crippen molar-refractivity contribution < 1.29 is 13.5 Å². The van der Waals surface area contributed by atoms with Gasteiger partial charge in [0.25, 0.3) is 0 Å². The Balaban J connectivity index is 2.12. The standard InChI is InChI=1S/C14H17NO3S2/c1-15(8-7-13-5-3-9-19-13)20(17,18)14-6-2-4-12(10-14)11-16/h2-6,9-10,16H,7-8,11H2,1H3. The Morgan fingerprint density at radius 3 is 2.70 bits per heavy atom. The van der Waals surface area contributed by atoms with Crippen molar-refractivity contribution in [3.63, 3.8) is 0 Å². The number of rotatable bonds is 6. The SMILES string of the molecule is CN(CCc1cccs1)S(=O)(=O)c1cccc(CO)c1. The third-order valence-corrected chi connectivity index (χ3v) is 5.83. The van der Waals surface area contributed by atoms with Crippen molar-refractivity contribution in [2.45, 2.75) is 17.9 Å². The van der Waals surface area contributed by atoms with E-state index in [2.05, 4.69) is 0 Å². The highest BCUT2D eigenvalue weighted by Gasteiger charge is 2.20. The number of aliphatic hydroxyl groups excluding tert-OH is 1. The van der Waals surface area contributed by atoms with Crippen molar-refractivity contribution >= 4 is 21.4 Å². The fourth-order valence-corrected chi connectivity index (χ4v) is 3.77. The summed E-state index contributed by atoms with van der Waals surface area (Å²) in [6.07, 6.45) is 0.701. The topological polar surface area (TPSA) is 57.6 Å². The molecule has 1 N–H and O–H groups in total. The molecule has 0 aliphatic rings. The predicted molar refractivity (Wildman–Crippen MR) is 80.2 cm³/mol. The predicted octanol–water partition coefficient (Wildman–Crippen LogP) is 2.10. The van der Waals surface area contributed by atoms with Gasteiger partial charge in [-0.2, -0.15) is 0 Å². The van der Waals surface area contributed by atoms with Crippen molar-refractivity contribution in [3.8, 4) is 0 Å². The van der Waals surface area contributed by atoms with Crippen LogP contribution in [0.2, 0.25) is 0 Å². The highest BCUT2D eigenvalue weighted by Crippen LogP contribution is 2.17. The zero-order chi connectivity index (χ0) is 14.6. The van der Waals surface area contributed by atoms with E-state index in [0.29, 0.717) is 18.5 Å². The molecule has 0 atom stereocenters. The van der Waals surface area contributed by atoms with Gasteiger partial charge in [0.1, 0.15) is 0 Å². The number of hydrogen-bond acceptors (Lipinski definition) is 4. The molecule has 0 fully saturated rings. The molecule has 2 aromatic rings. The van der Waals surface area contributed by atoms with Crippen LogP contribution in [0.1, 0.15) is 10.4 Å². The van der Waals surface area contributed by atoms with Crippen LogP contribution in [-0.4, -0.2) is 31.4 Å². The quantitative estimate of drug-likeness (QED) is 0.889. The molecule has 108 valence electrons. The lowest BCUT2D eigenvalue weighted by Gasteiger charge is -2.17. The van der Waals surface area contributed by atoms with E-state index in [1.165, 1.54) is 10.4 Å². The second-order valence-electron chi connectivity index (χ2n) is 4.46. The monoisotopic (exact) mass is 311 g/mol. The Kier molecular flexibility index (Phi) is 4.93. The lowest BCUT2D eigenvalue weighted by atomic mass is 10.2. The first-order valence-corrected chi connectivity index (χ1v) is 8.54. The first kappa shape index (κ1) is 15.2. The van der Waals surface area contributed by atoms with Crippen LogP contribution >= 0.6 is 11.3 Å². The summed E-state index contributed by atoms with van der Waals surface area (Å²) in [6, 6.07) is 10.4. The van der Waals surface area contributed by atoms with Gasteiger partial charge in [0.2, 0.25) is 10.0 Å². The lowest BCUT2D eigenvalue weighted by molar-refractivity contribution is 0.281. The van der Waals surface area contributed by atoms with Crippen molar-refractivity contribution in [1.82, 2.24) is 4.31 Å². The summed E-state index contributed by atoms with van der Waals surface area (Å²) in [6.45, 7) is 0.272. The van der Waals surface area contributed by atoms with E-state index in [-0.39, 0.29) is 11.5 Å². The molecule has 0 unspecified atom stereocenters. The van der Waals surface area contributed by atoms with Crippen LogP contribution in [0.4, 0.5) is 0 Å². The smallest absolute Gasteiger partial charge is 0.242 e. The number of sulfonamides is 1. The molecule has 1 aromatic carbocycles. The number of nitrogens with zero attached hydrogens (tertiary/aromatic N) is 1. The van der Waals surface area contributed by atoms with Gasteiger partial charge in [-0.15, -0.1) is 11.3 Å². The molecule has 1 heterocycles. The molecule has 0 saturated carbocycles. The van der Waals surface area contributed by atoms with Crippen LogP contribution in [0.5, 0.6) is 0 Å². The van der Waals surface area contributed by atoms with Crippen LogP contribution < -0.4 is 0 Å². The highest BCUT2D eigenvalue weighted by atomic mass is 32.2. The Labute approximate surface area is 123 Å². The van der Waals surface area contributed by atoms with Gasteiger partial charge in [0.15, 0.2) is 0 Å². The fourth-order valence-electron chi connectivity index (χ4n) is 1.83. The van der Waals surface area contributed by atoms with Gasteiger partial charge >= 0.3 is 0 Å². The second-order valence-corrected chi connectivity index (χ2v) is 7.54. The van der Waals surface area contributed by atoms with Gasteiger partial charge in [-0.05, 0) is 35.6 Å². The number of hydrogen-bond donors (Lipinski definition) is 1. The maximum Gasteiger partial charge on any atom is 0.242 e. The maximum atomic E-state index is 12.4. The van der Waals surface area contributed by atoms with E-state index in [1.54, 1.807) is 36.6 Å². The molecule has 0 radical (unpaired) electrons. The molecule has 0 aliphatic heterocycles. The summed E-state index contributed by atoms with van der Waals surface area (Å²) in [7, 11) is -1.92. The van der Waals surface area contributed by atoms with Crippen LogP contribution in [0.25, 0.3) is 0 Å². The molecular weight excluding hydrogens is 294 g/mol. The first-order chi connectivity index (χ1) is 9.54. The minimum Gasteiger partial charge on any atom is -0.392 e. The van der Waals surface area contributed by atoms with Crippen LogP contribution in [0, 0.1) is 0 Å². The molecule has 0 spiro atoms. The Bertz CT molecular complexity index is 651. The Morgan fingerprint density at radius 1 is 1.25 bits per heavy atom. The molecule has 2 rings (SSSR count). The minimum atomic E-state index is -3.50. The third-order valence-electron chi connectivity index (χ3n) is 3.04. The van der Waals surface area contributed by atoms with Gasteiger partial charge in [0, 0.05) is 18.5 Å². The number of thiophene rings is 1. The molecule has 1 aromatic heterocycles. The van der Waals surface area contributed by atoms with Gasteiger partial charge in [0.05, 0.1) is 11.5 Å². The van der Waals surface area contributed by atoms with Crippen molar-refractivity contribution in [2.24, 2.45) is 0 Å². The van der Waals surface area contributed by atoms with Gasteiger partial charge in [-0.3, -0.25) is 0 Å². The second kappa shape index (κ2) is 6.49. The Hall–Kier alpha value is -1.21. The number of benzene rings is 1. The molecule has 4 nitrogen and oxygen atoms in total. The molecule has 0 amide bonds. The van der Waals surface area contributed by atoms with Crippen molar-refractivity contribution in [1.29, 1.82) is 0 Å². The largest absolute Gasteiger partial charge is 0.392 e. The summed E-state index contributed by atoms with van der Waals surface area (Å²) in [5, 5.41) is 11.1. The normalized spacial score (nSPS) is 11.9. The molecule has 0 saturated heterocycles. The third kappa shape index (κ3) is 3.46. The average molecular weight is 311 g/mol. The lowest BCUT2D eigenvalue weighted by Crippen LogP contribution is -2.29. The van der Waals surface area contributed by atoms with Gasteiger partial charge < -0.3 is 5.11 Å². The molecular formula is C14H17NO3S2. The first-order valence-electron chi connectivity index (χ1n) is 6.22. The van der Waals surface area contributed by atoms with Crippen LogP contribution in [-0.2, 0) is 23.1 Å². The van der Waals surface area contributed by atoms with Gasteiger partial charge in [-0.1, -0.05) is 18.2 Å². The van der Waals surface area contributed by atoms with Crippen molar-refractivity contribution in [3.05, 3.63) is 52.2 Å². The zero-order valence-corrected chi connectivity index (χ0v) is 12.8. The van der Waals surface area contributed by atoms with E-state index < -0.39 is 10.0 Å². The Morgan fingerprint density at radius 2 is 2.05 bits per heavy atom. The van der Waals surface area contributed by atoms with E-state index in [1.807, 2.05) is 17.5 Å². The average Bonchev–Trinajstić information content (AvgIpc) is 2.98. The van der Waals surface area contributed by atoms with E-state index >= 15 is 0 Å². The van der Waals surface area contributed by atoms with E-state index in [0.717, 1.165) is 4.88 Å². The summed E-state index contributed by atoms with van der Waals surface area (Å²) in [4.78, 5) is 1.38. The van der Waals surface area contributed by atoms with E-state index in [4.69, 9.17) is 5.11 Å². The van der Waals surface area contributed by atoms with Crippen LogP contribution in [0.3, 0.4) is 0 Å². The molecule has 0 aliphatic carbocycles. The summed E-state index contributed by atoms with van der Waals surface area (Å²) in [5.74, 6) is 0. The fraction of sp³-hybridized carbons (Fsp3) is 0.286. The number of likely N-dealkylation sites (N-methyl/N-ethyl adjacent to an activating group) is 1. The van der Waals surface area contributed by atoms with Gasteiger partial charge in [-0.25, -0.2) is 12.7 Å². The molecule has 20 heavy (non-hydrogen) atoms. The zero-order valence-electron chi connectivity index (χ0n) is 11.2. The van der Waals surface area contributed by atoms with Crippen LogP contribution in [0.15, 0.2) is 46.7 Å². The highest BCUT2D eigenvalue weighted by molar-refractivity contribution is 7.89. The molecule has 6 heteroatoms. The minimum absolute atomic E-state index is 0.164. The summed E-state index contributed by atoms with van der Waals surface area (Å²) < 4.78 is 26.2. The maximum absolute atomic E-state index is 12.4.